The van der Waals surface area contributed by atoms with Crippen LogP contribution in [0.1, 0.15) is 12.8 Å². The lowest BCUT2D eigenvalue weighted by Crippen LogP contribution is -2.20. The maximum absolute atomic E-state index is 5.65. The monoisotopic (exact) mass is 272 g/mol. The predicted molar refractivity (Wildman–Crippen MR) is 81.3 cm³/mol. The Labute approximate surface area is 119 Å². The van der Waals surface area contributed by atoms with Gasteiger partial charge in [-0.2, -0.15) is 4.98 Å². The Balaban J connectivity index is 1.90. The first kappa shape index (κ1) is 13.1. The van der Waals surface area contributed by atoms with Gasteiger partial charge in [-0.05, 0) is 25.0 Å². The van der Waals surface area contributed by atoms with Gasteiger partial charge >= 0.3 is 0 Å². The van der Waals surface area contributed by atoms with E-state index in [0.717, 1.165) is 48.7 Å². The molecule has 1 aliphatic heterocycles. The van der Waals surface area contributed by atoms with Crippen molar-refractivity contribution in [2.24, 2.45) is 0 Å². The summed E-state index contributed by atoms with van der Waals surface area (Å²) in [6.45, 7) is 1.67. The van der Waals surface area contributed by atoms with Gasteiger partial charge in [-0.15, -0.1) is 0 Å². The fraction of sp³-hybridized carbons (Fsp3) is 0.467. The van der Waals surface area contributed by atoms with E-state index in [1.807, 2.05) is 43.3 Å². The van der Waals surface area contributed by atoms with Gasteiger partial charge in [0.15, 0.2) is 0 Å². The summed E-state index contributed by atoms with van der Waals surface area (Å²) in [7, 11) is 3.90. The molecular formula is C15H20N4O. The summed E-state index contributed by atoms with van der Waals surface area (Å²) in [5.74, 6) is 1.60. The number of nitrogens with one attached hydrogen (secondary N) is 1. The van der Waals surface area contributed by atoms with Crippen LogP contribution in [0.3, 0.4) is 0 Å². The lowest BCUT2D eigenvalue weighted by molar-refractivity contribution is 0.120. The Hall–Kier alpha value is -1.88. The fourth-order valence-electron chi connectivity index (χ4n) is 2.41. The zero-order valence-corrected chi connectivity index (χ0v) is 12.0. The van der Waals surface area contributed by atoms with Gasteiger partial charge in [0.05, 0.1) is 11.6 Å². The van der Waals surface area contributed by atoms with Gasteiger partial charge in [-0.1, -0.05) is 12.1 Å². The molecule has 0 saturated carbocycles. The van der Waals surface area contributed by atoms with Gasteiger partial charge in [-0.3, -0.25) is 0 Å². The predicted octanol–water partition coefficient (Wildman–Crippen LogP) is 2.29. The summed E-state index contributed by atoms with van der Waals surface area (Å²) < 4.78 is 5.65. The number of anilines is 2. The van der Waals surface area contributed by atoms with Crippen LogP contribution in [0.25, 0.3) is 10.9 Å². The number of aromatic nitrogens is 2. The van der Waals surface area contributed by atoms with E-state index >= 15 is 0 Å². The van der Waals surface area contributed by atoms with Gasteiger partial charge in [-0.25, -0.2) is 4.98 Å². The third-order valence-corrected chi connectivity index (χ3v) is 3.51. The Morgan fingerprint density at radius 2 is 2.15 bits per heavy atom. The molecule has 2 heterocycles. The second kappa shape index (κ2) is 5.63. The molecule has 0 radical (unpaired) electrons. The number of benzene rings is 1. The molecule has 2 aromatic rings. The highest BCUT2D eigenvalue weighted by Gasteiger charge is 2.16. The maximum Gasteiger partial charge on any atom is 0.227 e. The van der Waals surface area contributed by atoms with E-state index in [2.05, 4.69) is 15.3 Å². The van der Waals surface area contributed by atoms with Crippen LogP contribution in [0.15, 0.2) is 24.3 Å². The average molecular weight is 272 g/mol. The van der Waals surface area contributed by atoms with E-state index in [0.29, 0.717) is 6.10 Å². The molecular weight excluding hydrogens is 252 g/mol. The normalized spacial score (nSPS) is 18.4. The van der Waals surface area contributed by atoms with Crippen LogP contribution >= 0.6 is 0 Å². The van der Waals surface area contributed by atoms with Crippen LogP contribution < -0.4 is 10.2 Å². The number of para-hydroxylation sites is 1. The average Bonchev–Trinajstić information content (AvgIpc) is 2.97. The third kappa shape index (κ3) is 2.67. The molecule has 1 saturated heterocycles. The molecule has 0 unspecified atom stereocenters. The molecule has 5 nitrogen and oxygen atoms in total. The lowest BCUT2D eigenvalue weighted by Gasteiger charge is -2.16. The number of fused-ring (bicyclic) bond motifs is 1. The molecule has 0 bridgehead atoms. The van der Waals surface area contributed by atoms with Crippen molar-refractivity contribution in [3.8, 4) is 0 Å². The minimum absolute atomic E-state index is 0.298. The quantitative estimate of drug-likeness (QED) is 0.925. The van der Waals surface area contributed by atoms with Crippen LogP contribution in [0.4, 0.5) is 11.8 Å². The third-order valence-electron chi connectivity index (χ3n) is 3.51. The van der Waals surface area contributed by atoms with E-state index in [4.69, 9.17) is 4.74 Å². The highest BCUT2D eigenvalue weighted by molar-refractivity contribution is 5.90. The Kier molecular flexibility index (Phi) is 3.69. The number of ether oxygens (including phenoxy) is 1. The number of hydrogen-bond acceptors (Lipinski definition) is 5. The van der Waals surface area contributed by atoms with Crippen molar-refractivity contribution in [2.45, 2.75) is 18.9 Å². The van der Waals surface area contributed by atoms with Crippen molar-refractivity contribution >= 4 is 22.7 Å². The van der Waals surface area contributed by atoms with Crippen molar-refractivity contribution in [2.75, 3.05) is 37.5 Å². The van der Waals surface area contributed by atoms with Crippen LogP contribution in [-0.2, 0) is 4.74 Å². The lowest BCUT2D eigenvalue weighted by atomic mass is 10.2. The first-order valence-corrected chi connectivity index (χ1v) is 7.03. The Bertz CT molecular complexity index is 593. The molecule has 106 valence electrons. The van der Waals surface area contributed by atoms with E-state index in [1.54, 1.807) is 0 Å². The summed E-state index contributed by atoms with van der Waals surface area (Å²) in [6.07, 6.45) is 2.57. The fourth-order valence-corrected chi connectivity index (χ4v) is 2.41. The second-order valence-electron chi connectivity index (χ2n) is 5.30. The molecule has 1 aromatic heterocycles. The molecule has 5 heteroatoms. The largest absolute Gasteiger partial charge is 0.376 e. The molecule has 1 N–H and O–H groups in total. The first-order valence-electron chi connectivity index (χ1n) is 7.03. The van der Waals surface area contributed by atoms with Crippen LogP contribution in [0.2, 0.25) is 0 Å². The van der Waals surface area contributed by atoms with E-state index in [1.165, 1.54) is 0 Å². The molecule has 20 heavy (non-hydrogen) atoms. The second-order valence-corrected chi connectivity index (χ2v) is 5.30. The number of rotatable bonds is 4. The zero-order valence-electron chi connectivity index (χ0n) is 12.0. The number of hydrogen-bond donors (Lipinski definition) is 1. The minimum atomic E-state index is 0.298. The first-order chi connectivity index (χ1) is 9.74. The van der Waals surface area contributed by atoms with Crippen LogP contribution in [-0.4, -0.2) is 43.3 Å². The molecule has 1 fully saturated rings. The maximum atomic E-state index is 5.65. The van der Waals surface area contributed by atoms with Crippen molar-refractivity contribution in [3.63, 3.8) is 0 Å². The summed E-state index contributed by atoms with van der Waals surface area (Å²) in [4.78, 5) is 11.1. The highest BCUT2D eigenvalue weighted by Crippen LogP contribution is 2.23. The summed E-state index contributed by atoms with van der Waals surface area (Å²) in [5, 5.41) is 4.47. The molecule has 0 aliphatic carbocycles. The summed E-state index contributed by atoms with van der Waals surface area (Å²) >= 11 is 0. The van der Waals surface area contributed by atoms with Crippen molar-refractivity contribution in [1.82, 2.24) is 9.97 Å². The molecule has 3 rings (SSSR count). The van der Waals surface area contributed by atoms with Gasteiger partial charge < -0.3 is 15.0 Å². The van der Waals surface area contributed by atoms with E-state index in [9.17, 15) is 0 Å². The molecule has 1 atom stereocenters. The molecule has 1 aliphatic rings. The summed E-state index contributed by atoms with van der Waals surface area (Å²) in [5.41, 5.74) is 0.959. The van der Waals surface area contributed by atoms with Crippen molar-refractivity contribution in [1.29, 1.82) is 0 Å². The SMILES string of the molecule is CN(C)c1nc(NC[C@H]2CCCO2)c2ccccc2n1. The van der Waals surface area contributed by atoms with Gasteiger partial charge in [0, 0.05) is 32.6 Å². The molecule has 1 aromatic carbocycles. The van der Waals surface area contributed by atoms with Crippen LogP contribution in [0, 0.1) is 0 Å². The Morgan fingerprint density at radius 1 is 1.30 bits per heavy atom. The molecule has 0 spiro atoms. The van der Waals surface area contributed by atoms with Crippen molar-refractivity contribution in [3.05, 3.63) is 24.3 Å². The highest BCUT2D eigenvalue weighted by atomic mass is 16.5. The summed E-state index contributed by atoms with van der Waals surface area (Å²) in [6, 6.07) is 8.07. The van der Waals surface area contributed by atoms with E-state index in [-0.39, 0.29) is 0 Å². The zero-order chi connectivity index (χ0) is 13.9. The van der Waals surface area contributed by atoms with Gasteiger partial charge in [0.25, 0.3) is 0 Å². The standard InChI is InChI=1S/C15H20N4O/c1-19(2)15-17-13-8-4-3-7-12(13)14(18-15)16-10-11-6-5-9-20-11/h3-4,7-8,11H,5-6,9-10H2,1-2H3,(H,16,17,18)/t11-/m1/s1. The van der Waals surface area contributed by atoms with Gasteiger partial charge in [0.1, 0.15) is 5.82 Å². The van der Waals surface area contributed by atoms with E-state index < -0.39 is 0 Å². The number of nitrogens with zero attached hydrogens (tertiary/aromatic N) is 3. The van der Waals surface area contributed by atoms with Crippen LogP contribution in [0.5, 0.6) is 0 Å². The smallest absolute Gasteiger partial charge is 0.227 e. The molecule has 0 amide bonds. The topological polar surface area (TPSA) is 50.3 Å². The van der Waals surface area contributed by atoms with Crippen molar-refractivity contribution < 1.29 is 4.74 Å². The Morgan fingerprint density at radius 3 is 2.90 bits per heavy atom. The van der Waals surface area contributed by atoms with Gasteiger partial charge in [0.2, 0.25) is 5.95 Å². The minimum Gasteiger partial charge on any atom is -0.376 e.